The summed E-state index contributed by atoms with van der Waals surface area (Å²) >= 11 is 1.42. The van der Waals surface area contributed by atoms with E-state index in [1.165, 1.54) is 18.1 Å². The standard InChI is InChI=1S/C20H27N7O4S2/c1-12(2)25-33(28,29)7-5-6-27-19-17(18(21)22-10-23-19)24-20(27)32-16-9-15-14(30-11-31-15)8-13(16)26(3)4/h8-10,12,25H,5-7,11H2,1-4H3,(H2,21,22,23). The highest BCUT2D eigenvalue weighted by atomic mass is 32.2. The summed E-state index contributed by atoms with van der Waals surface area (Å²) in [4.78, 5) is 16.0. The molecule has 1 aromatic carbocycles. The third kappa shape index (κ3) is 5.09. The van der Waals surface area contributed by atoms with E-state index in [1.54, 1.807) is 13.8 Å². The minimum Gasteiger partial charge on any atom is -0.454 e. The van der Waals surface area contributed by atoms with Crippen LogP contribution in [0.25, 0.3) is 11.2 Å². The van der Waals surface area contributed by atoms with Crippen LogP contribution in [0.3, 0.4) is 0 Å². The number of hydrogen-bond acceptors (Lipinski definition) is 10. The number of hydrogen-bond donors (Lipinski definition) is 2. The minimum absolute atomic E-state index is 0.0114. The molecule has 3 N–H and O–H groups in total. The van der Waals surface area contributed by atoms with Crippen LogP contribution in [-0.2, 0) is 16.6 Å². The molecule has 0 saturated carbocycles. The van der Waals surface area contributed by atoms with E-state index >= 15 is 0 Å². The molecule has 33 heavy (non-hydrogen) atoms. The summed E-state index contributed by atoms with van der Waals surface area (Å²) in [5, 5.41) is 0.633. The zero-order valence-electron chi connectivity index (χ0n) is 18.9. The summed E-state index contributed by atoms with van der Waals surface area (Å²) in [6.45, 7) is 4.17. The van der Waals surface area contributed by atoms with Crippen molar-refractivity contribution in [3.8, 4) is 11.5 Å². The van der Waals surface area contributed by atoms with Gasteiger partial charge in [-0.1, -0.05) is 0 Å². The predicted molar refractivity (Wildman–Crippen MR) is 127 cm³/mol. The molecule has 0 fully saturated rings. The summed E-state index contributed by atoms with van der Waals surface area (Å²) in [6, 6.07) is 3.69. The Balaban J connectivity index is 1.68. The van der Waals surface area contributed by atoms with Gasteiger partial charge in [0.05, 0.1) is 11.4 Å². The molecule has 4 rings (SSSR count). The largest absolute Gasteiger partial charge is 0.454 e. The number of nitrogens with zero attached hydrogens (tertiary/aromatic N) is 5. The number of ether oxygens (including phenoxy) is 2. The van der Waals surface area contributed by atoms with Crippen molar-refractivity contribution in [2.75, 3.05) is 37.3 Å². The van der Waals surface area contributed by atoms with Gasteiger partial charge >= 0.3 is 0 Å². The Morgan fingerprint density at radius 1 is 1.24 bits per heavy atom. The van der Waals surface area contributed by atoms with Crippen molar-refractivity contribution in [2.24, 2.45) is 0 Å². The first-order valence-corrected chi connectivity index (χ1v) is 12.9. The molecule has 1 aliphatic heterocycles. The lowest BCUT2D eigenvalue weighted by molar-refractivity contribution is 0.174. The van der Waals surface area contributed by atoms with E-state index in [-0.39, 0.29) is 24.4 Å². The maximum Gasteiger partial charge on any atom is 0.231 e. The third-order valence-corrected chi connectivity index (χ3v) is 7.57. The maximum absolute atomic E-state index is 12.3. The van der Waals surface area contributed by atoms with Crippen LogP contribution in [0.1, 0.15) is 20.3 Å². The summed E-state index contributed by atoms with van der Waals surface area (Å²) in [6.07, 6.45) is 1.76. The van der Waals surface area contributed by atoms with Gasteiger partial charge in [0.2, 0.25) is 16.8 Å². The van der Waals surface area contributed by atoms with Gasteiger partial charge in [-0.3, -0.25) is 0 Å². The van der Waals surface area contributed by atoms with Gasteiger partial charge in [0.1, 0.15) is 6.33 Å². The van der Waals surface area contributed by atoms with E-state index < -0.39 is 10.0 Å². The van der Waals surface area contributed by atoms with Gasteiger partial charge < -0.3 is 24.7 Å². The van der Waals surface area contributed by atoms with E-state index in [2.05, 4.69) is 19.7 Å². The van der Waals surface area contributed by atoms with Crippen molar-refractivity contribution in [3.05, 3.63) is 18.5 Å². The number of nitrogen functional groups attached to an aromatic ring is 1. The molecule has 1 aliphatic rings. The number of nitrogens with one attached hydrogen (secondary N) is 1. The molecule has 178 valence electrons. The first kappa shape index (κ1) is 23.4. The normalized spacial score (nSPS) is 13.2. The lowest BCUT2D eigenvalue weighted by Gasteiger charge is -2.18. The highest BCUT2D eigenvalue weighted by molar-refractivity contribution is 7.99. The van der Waals surface area contributed by atoms with Crippen LogP contribution < -0.4 is 24.8 Å². The van der Waals surface area contributed by atoms with Crippen molar-refractivity contribution in [3.63, 3.8) is 0 Å². The zero-order valence-corrected chi connectivity index (χ0v) is 20.5. The van der Waals surface area contributed by atoms with E-state index in [0.717, 1.165) is 10.6 Å². The molecule has 0 atom stereocenters. The molecule has 0 aliphatic carbocycles. The van der Waals surface area contributed by atoms with Crippen molar-refractivity contribution in [1.82, 2.24) is 24.2 Å². The maximum atomic E-state index is 12.3. The molecule has 2 aromatic heterocycles. The lowest BCUT2D eigenvalue weighted by Crippen LogP contribution is -2.32. The fourth-order valence-corrected chi connectivity index (χ4v) is 5.97. The number of aromatic nitrogens is 4. The summed E-state index contributed by atoms with van der Waals surface area (Å²) in [5.41, 5.74) is 8.03. The van der Waals surface area contributed by atoms with Crippen LogP contribution in [0, 0.1) is 0 Å². The number of rotatable bonds is 9. The second kappa shape index (κ2) is 9.23. The molecule has 0 unspecified atom stereocenters. The summed E-state index contributed by atoms with van der Waals surface area (Å²) < 4.78 is 40.1. The Kier molecular flexibility index (Phi) is 6.54. The monoisotopic (exact) mass is 493 g/mol. The highest BCUT2D eigenvalue weighted by Crippen LogP contribution is 2.44. The number of aryl methyl sites for hydroxylation is 1. The fourth-order valence-electron chi connectivity index (χ4n) is 3.49. The number of imidazole rings is 1. The molecule has 0 spiro atoms. The third-order valence-electron chi connectivity index (χ3n) is 4.87. The highest BCUT2D eigenvalue weighted by Gasteiger charge is 2.22. The smallest absolute Gasteiger partial charge is 0.231 e. The number of fused-ring (bicyclic) bond motifs is 2. The Morgan fingerprint density at radius 3 is 2.67 bits per heavy atom. The molecular formula is C20H27N7O4S2. The topological polar surface area (TPSA) is 137 Å². The van der Waals surface area contributed by atoms with Crippen molar-refractivity contribution in [2.45, 2.75) is 42.9 Å². The van der Waals surface area contributed by atoms with Crippen LogP contribution in [0.4, 0.5) is 11.5 Å². The van der Waals surface area contributed by atoms with Gasteiger partial charge in [0.15, 0.2) is 33.6 Å². The summed E-state index contributed by atoms with van der Waals surface area (Å²) in [5.74, 6) is 1.61. The van der Waals surface area contributed by atoms with Crippen LogP contribution in [0.2, 0.25) is 0 Å². The quantitative estimate of drug-likeness (QED) is 0.455. The Bertz CT molecular complexity index is 1280. The van der Waals surface area contributed by atoms with Gasteiger partial charge in [-0.15, -0.1) is 0 Å². The molecule has 3 aromatic rings. The van der Waals surface area contributed by atoms with Gasteiger partial charge in [-0.2, -0.15) is 0 Å². The van der Waals surface area contributed by atoms with Crippen LogP contribution in [0.5, 0.6) is 11.5 Å². The fraction of sp³-hybridized carbons (Fsp3) is 0.450. The Labute approximate surface area is 196 Å². The van der Waals surface area contributed by atoms with Crippen LogP contribution in [0.15, 0.2) is 28.5 Å². The molecule has 0 radical (unpaired) electrons. The molecule has 3 heterocycles. The number of anilines is 2. The van der Waals surface area contributed by atoms with Crippen molar-refractivity contribution < 1.29 is 17.9 Å². The minimum atomic E-state index is -3.38. The van der Waals surface area contributed by atoms with Crippen LogP contribution in [-0.4, -0.2) is 60.6 Å². The van der Waals surface area contributed by atoms with Gasteiger partial charge in [-0.05, 0) is 32.0 Å². The lowest BCUT2D eigenvalue weighted by atomic mass is 10.2. The van der Waals surface area contributed by atoms with E-state index in [4.69, 9.17) is 15.2 Å². The van der Waals surface area contributed by atoms with Gasteiger partial charge in [-0.25, -0.2) is 28.1 Å². The second-order valence-corrected chi connectivity index (χ2v) is 11.0. The Hall–Kier alpha value is -2.77. The summed E-state index contributed by atoms with van der Waals surface area (Å²) in [7, 11) is 0.513. The first-order chi connectivity index (χ1) is 15.6. The second-order valence-electron chi connectivity index (χ2n) is 8.09. The van der Waals surface area contributed by atoms with E-state index in [9.17, 15) is 8.42 Å². The number of nitrogens with two attached hydrogens (primary N) is 1. The Morgan fingerprint density at radius 2 is 1.97 bits per heavy atom. The molecule has 0 saturated heterocycles. The average Bonchev–Trinajstić information content (AvgIpc) is 3.31. The predicted octanol–water partition coefficient (Wildman–Crippen LogP) is 2.07. The van der Waals surface area contributed by atoms with Crippen LogP contribution >= 0.6 is 11.8 Å². The molecular weight excluding hydrogens is 466 g/mol. The van der Waals surface area contributed by atoms with E-state index in [1.807, 2.05) is 35.7 Å². The van der Waals surface area contributed by atoms with Crippen molar-refractivity contribution >= 4 is 44.5 Å². The molecule has 11 nitrogen and oxygen atoms in total. The molecule has 0 bridgehead atoms. The SMILES string of the molecule is CC(C)NS(=O)(=O)CCCn1c(Sc2cc3c(cc2N(C)C)OCO3)nc2c(N)ncnc21. The number of benzene rings is 1. The van der Waals surface area contributed by atoms with Gasteiger partial charge in [0.25, 0.3) is 0 Å². The molecule has 0 amide bonds. The van der Waals surface area contributed by atoms with Gasteiger partial charge in [0, 0.05) is 43.7 Å². The van der Waals surface area contributed by atoms with Crippen molar-refractivity contribution in [1.29, 1.82) is 0 Å². The first-order valence-electron chi connectivity index (χ1n) is 10.4. The average molecular weight is 494 g/mol. The zero-order chi connectivity index (χ0) is 23.8. The molecule has 13 heteroatoms. The number of sulfonamides is 1. The van der Waals surface area contributed by atoms with E-state index in [0.29, 0.717) is 40.8 Å².